The molecule has 0 bridgehead atoms. The first-order valence-corrected chi connectivity index (χ1v) is 7.47. The molecule has 126 valence electrons. The van der Waals surface area contributed by atoms with Crippen molar-refractivity contribution in [1.29, 1.82) is 0 Å². The van der Waals surface area contributed by atoms with Crippen molar-refractivity contribution in [3.8, 4) is 0 Å². The van der Waals surface area contributed by atoms with Crippen LogP contribution in [0.3, 0.4) is 0 Å². The van der Waals surface area contributed by atoms with Crippen LogP contribution in [0.25, 0.3) is 0 Å². The van der Waals surface area contributed by atoms with Gasteiger partial charge in [0.15, 0.2) is 0 Å². The summed E-state index contributed by atoms with van der Waals surface area (Å²) in [4.78, 5) is 44.1. The molecular weight excluding hydrogens is 333 g/mol. The van der Waals surface area contributed by atoms with E-state index < -0.39 is 44.6 Å². The molecule has 8 nitrogen and oxygen atoms in total. The van der Waals surface area contributed by atoms with Gasteiger partial charge in [0.05, 0.1) is 0 Å². The highest BCUT2D eigenvalue weighted by molar-refractivity contribution is 6.67. The van der Waals surface area contributed by atoms with E-state index in [0.717, 1.165) is 27.7 Å². The van der Waals surface area contributed by atoms with Crippen molar-refractivity contribution < 1.29 is 50.4 Å². The van der Waals surface area contributed by atoms with Crippen LogP contribution in [0.5, 0.6) is 0 Å². The van der Waals surface area contributed by atoms with Crippen LogP contribution in [-0.4, -0.2) is 44.6 Å². The maximum atomic E-state index is 12.2. The van der Waals surface area contributed by atoms with E-state index in [2.05, 4.69) is 18.0 Å². The molecule has 0 aromatic heterocycles. The highest BCUT2D eigenvalue weighted by Gasteiger charge is 2.61. The van der Waals surface area contributed by atoms with Crippen LogP contribution in [0.4, 0.5) is 13.2 Å². The number of hydrogen-bond acceptors (Lipinski definition) is 8. The second-order valence-electron chi connectivity index (χ2n) is 3.93. The third-order valence-electron chi connectivity index (χ3n) is 1.87. The number of alkyl halides is 3. The smallest absolute Gasteiger partial charge is 0.453 e. The number of halogens is 3. The summed E-state index contributed by atoms with van der Waals surface area (Å²) in [6.45, 7) is 3.36. The van der Waals surface area contributed by atoms with Gasteiger partial charge >= 0.3 is 21.0 Å². The molecule has 0 aromatic carbocycles. The van der Waals surface area contributed by atoms with Crippen LogP contribution in [0.1, 0.15) is 27.7 Å². The van der Waals surface area contributed by atoms with Gasteiger partial charge in [-0.05, 0) is 6.92 Å². The highest BCUT2D eigenvalue weighted by atomic mass is 28.4. The zero-order valence-electron chi connectivity index (χ0n) is 12.0. The van der Waals surface area contributed by atoms with Gasteiger partial charge in [0.25, 0.3) is 17.9 Å². The Kier molecular flexibility index (Phi) is 6.55. The molecule has 0 saturated heterocycles. The highest BCUT2D eigenvalue weighted by Crippen LogP contribution is 2.23. The van der Waals surface area contributed by atoms with Crippen molar-refractivity contribution in [2.75, 3.05) is 0 Å². The monoisotopic (exact) mass is 346 g/mol. The number of rotatable bonds is 5. The van der Waals surface area contributed by atoms with Crippen LogP contribution in [0, 0.1) is 0 Å². The third-order valence-corrected chi connectivity index (χ3v) is 4.70. The SMILES string of the molecule is CC(=O)O[Si](OC(C)=O)(OC(C)=O)C(C)OC(=O)C(F)(F)F. The summed E-state index contributed by atoms with van der Waals surface area (Å²) in [5, 5.41) is 0. The summed E-state index contributed by atoms with van der Waals surface area (Å²) in [6, 6.07) is 0. The molecule has 0 aromatic rings. The second kappa shape index (κ2) is 7.24. The predicted molar refractivity (Wildman–Crippen MR) is 62.7 cm³/mol. The third kappa shape index (κ3) is 6.11. The predicted octanol–water partition coefficient (Wildman–Crippen LogP) is 0.648. The summed E-state index contributed by atoms with van der Waals surface area (Å²) in [5.41, 5.74) is -1.95. The largest absolute Gasteiger partial charge is 0.748 e. The average molecular weight is 346 g/mol. The van der Waals surface area contributed by atoms with E-state index in [0.29, 0.717) is 0 Å². The van der Waals surface area contributed by atoms with Gasteiger partial charge < -0.3 is 18.0 Å². The maximum absolute atomic E-state index is 12.2. The summed E-state index contributed by atoms with van der Waals surface area (Å²) < 4.78 is 54.5. The van der Waals surface area contributed by atoms with Crippen molar-refractivity contribution in [2.45, 2.75) is 39.6 Å². The Hall–Kier alpha value is -2.11. The fourth-order valence-electron chi connectivity index (χ4n) is 1.21. The second-order valence-corrected chi connectivity index (χ2v) is 6.56. The Balaban J connectivity index is 5.58. The number of carbonyl (C=O) groups excluding carboxylic acids is 4. The Morgan fingerprint density at radius 1 is 0.864 bits per heavy atom. The molecule has 0 aliphatic heterocycles. The molecule has 0 radical (unpaired) electrons. The number of esters is 1. The van der Waals surface area contributed by atoms with Gasteiger partial charge in [-0.3, -0.25) is 14.4 Å². The Morgan fingerprint density at radius 2 is 1.18 bits per heavy atom. The lowest BCUT2D eigenvalue weighted by Gasteiger charge is -2.30. The van der Waals surface area contributed by atoms with Crippen LogP contribution in [0.2, 0.25) is 0 Å². The zero-order chi connectivity index (χ0) is 17.7. The van der Waals surface area contributed by atoms with Gasteiger partial charge in [-0.2, -0.15) is 13.2 Å². The molecule has 0 fully saturated rings. The lowest BCUT2D eigenvalue weighted by atomic mass is 10.6. The van der Waals surface area contributed by atoms with Gasteiger partial charge in [-0.1, -0.05) is 0 Å². The average Bonchev–Trinajstić information content (AvgIpc) is 2.23. The van der Waals surface area contributed by atoms with Crippen LogP contribution in [0.15, 0.2) is 0 Å². The minimum atomic E-state index is -5.34. The van der Waals surface area contributed by atoms with Gasteiger partial charge in [0.2, 0.25) is 5.73 Å². The van der Waals surface area contributed by atoms with E-state index >= 15 is 0 Å². The molecule has 0 N–H and O–H groups in total. The molecule has 0 aliphatic rings. The van der Waals surface area contributed by atoms with Gasteiger partial charge in [0.1, 0.15) is 0 Å². The number of ether oxygens (including phenoxy) is 1. The summed E-state index contributed by atoms with van der Waals surface area (Å²) in [5.74, 6) is -5.94. The molecule has 1 atom stereocenters. The lowest BCUT2D eigenvalue weighted by molar-refractivity contribution is -0.203. The topological polar surface area (TPSA) is 105 Å². The molecule has 1 unspecified atom stereocenters. The van der Waals surface area contributed by atoms with Crippen molar-refractivity contribution in [2.24, 2.45) is 0 Å². The molecule has 0 heterocycles. The lowest BCUT2D eigenvalue weighted by Crippen LogP contribution is -2.59. The van der Waals surface area contributed by atoms with Crippen LogP contribution >= 0.6 is 0 Å². The van der Waals surface area contributed by atoms with Crippen LogP contribution < -0.4 is 0 Å². The van der Waals surface area contributed by atoms with E-state index in [1.807, 2.05) is 0 Å². The quantitative estimate of drug-likeness (QED) is 0.528. The van der Waals surface area contributed by atoms with E-state index in [4.69, 9.17) is 0 Å². The molecule has 12 heteroatoms. The summed E-state index contributed by atoms with van der Waals surface area (Å²) >= 11 is 0. The first kappa shape index (κ1) is 19.9. The van der Waals surface area contributed by atoms with Gasteiger partial charge in [0, 0.05) is 20.8 Å². The molecule has 0 spiro atoms. The fraction of sp³-hybridized carbons (Fsp3) is 0.600. The molecular formula is C10H13F3O8Si. The van der Waals surface area contributed by atoms with Crippen molar-refractivity contribution in [3.05, 3.63) is 0 Å². The van der Waals surface area contributed by atoms with Gasteiger partial charge in [-0.25, -0.2) is 4.79 Å². The number of carbonyl (C=O) groups is 4. The fourth-order valence-corrected chi connectivity index (χ4v) is 3.29. The molecule has 0 rings (SSSR count). The summed E-state index contributed by atoms with van der Waals surface area (Å²) in [6.07, 6.45) is -5.34. The maximum Gasteiger partial charge on any atom is 0.748 e. The standard InChI is InChI=1S/C10H13F3O8Si/c1-5(14)19-22(20-6(2)15,21-7(3)16)8(4)18-9(17)10(11,12)13/h8H,1-4H3. The molecule has 0 aliphatic carbocycles. The Morgan fingerprint density at radius 3 is 1.41 bits per heavy atom. The molecule has 22 heavy (non-hydrogen) atoms. The van der Waals surface area contributed by atoms with E-state index in [1.165, 1.54) is 0 Å². The van der Waals surface area contributed by atoms with Gasteiger partial charge in [-0.15, -0.1) is 0 Å². The van der Waals surface area contributed by atoms with Crippen molar-refractivity contribution in [3.63, 3.8) is 0 Å². The number of hydrogen-bond donors (Lipinski definition) is 0. The van der Waals surface area contributed by atoms with Crippen molar-refractivity contribution in [1.82, 2.24) is 0 Å². The first-order chi connectivity index (χ1) is 9.80. The van der Waals surface area contributed by atoms with E-state index in [-0.39, 0.29) is 0 Å². The normalized spacial score (nSPS) is 12.9. The molecule has 0 amide bonds. The van der Waals surface area contributed by atoms with Crippen LogP contribution in [-0.2, 0) is 37.2 Å². The zero-order valence-corrected chi connectivity index (χ0v) is 13.0. The van der Waals surface area contributed by atoms with Crippen molar-refractivity contribution >= 4 is 32.7 Å². The first-order valence-electron chi connectivity index (χ1n) is 5.66. The minimum Gasteiger partial charge on any atom is -0.453 e. The summed E-state index contributed by atoms with van der Waals surface area (Å²) in [7, 11) is -4.72. The Bertz CT molecular complexity index is 434. The van der Waals surface area contributed by atoms with E-state index in [9.17, 15) is 32.3 Å². The Labute approximate surface area is 123 Å². The minimum absolute atomic E-state index is 0.838. The molecule has 0 saturated carbocycles. The van der Waals surface area contributed by atoms with E-state index in [1.54, 1.807) is 0 Å².